The third kappa shape index (κ3) is 4.07. The van der Waals surface area contributed by atoms with E-state index in [1.807, 2.05) is 0 Å². The van der Waals surface area contributed by atoms with E-state index in [4.69, 9.17) is 9.26 Å². The Bertz CT molecular complexity index is 440. The molecule has 7 atom stereocenters. The van der Waals surface area contributed by atoms with Crippen molar-refractivity contribution < 1.29 is 37.7 Å². The Kier molecular flexibility index (Phi) is 6.21. The second-order valence-corrected chi connectivity index (χ2v) is 8.12. The molecule has 0 saturated carbocycles. The van der Waals surface area contributed by atoms with Crippen LogP contribution in [0.3, 0.4) is 0 Å². The van der Waals surface area contributed by atoms with Crippen LogP contribution in [0.25, 0.3) is 0 Å². The third-order valence-corrected chi connectivity index (χ3v) is 6.25. The second-order valence-electron chi connectivity index (χ2n) is 5.94. The van der Waals surface area contributed by atoms with Gasteiger partial charge in [0.2, 0.25) is 5.85 Å². The van der Waals surface area contributed by atoms with Gasteiger partial charge in [-0.3, -0.25) is 9.09 Å². The zero-order valence-electron chi connectivity index (χ0n) is 13.2. The third-order valence-electron chi connectivity index (χ3n) is 4.14. The van der Waals surface area contributed by atoms with E-state index in [0.717, 1.165) is 6.92 Å². The Balaban J connectivity index is 2.87. The predicted molar refractivity (Wildman–Crippen MR) is 78.7 cm³/mol. The summed E-state index contributed by atoms with van der Waals surface area (Å²) >= 11 is 0. The first-order valence-electron chi connectivity index (χ1n) is 7.31. The van der Waals surface area contributed by atoms with Gasteiger partial charge in [0.1, 0.15) is 20.1 Å². The summed E-state index contributed by atoms with van der Waals surface area (Å²) in [5, 5.41) is 17.4. The van der Waals surface area contributed by atoms with Crippen LogP contribution in [0.5, 0.6) is 0 Å². The molecule has 6 nitrogen and oxygen atoms in total. The topological polar surface area (TPSA) is 96.2 Å². The summed E-state index contributed by atoms with van der Waals surface area (Å²) in [5.41, 5.74) is 0. The van der Waals surface area contributed by atoms with Crippen LogP contribution in [0.4, 0.5) is 8.78 Å². The molecule has 0 aliphatic carbocycles. The van der Waals surface area contributed by atoms with Crippen LogP contribution in [0.15, 0.2) is 0 Å². The van der Waals surface area contributed by atoms with E-state index in [1.165, 1.54) is 21.7 Å². The van der Waals surface area contributed by atoms with Crippen molar-refractivity contribution in [1.29, 1.82) is 0 Å². The number of aliphatic hydroxyl groups excluding tert-OH is 1. The maximum atomic E-state index is 14.8. The number of rotatable bonds is 7. The lowest BCUT2D eigenvalue weighted by Gasteiger charge is -2.34. The molecule has 0 aromatic heterocycles. The second kappa shape index (κ2) is 6.83. The maximum Gasteiger partial charge on any atom is 0.361 e. The van der Waals surface area contributed by atoms with Crippen LogP contribution in [0.1, 0.15) is 40.0 Å². The molecular weight excluding hydrogens is 320 g/mol. The highest BCUT2D eigenvalue weighted by molar-refractivity contribution is 7.54. The molecule has 1 heterocycles. The molecule has 3 unspecified atom stereocenters. The first-order valence-corrected chi connectivity index (χ1v) is 8.89. The molecule has 3 N–H and O–H groups in total. The van der Waals surface area contributed by atoms with Gasteiger partial charge in [-0.2, -0.15) is 0 Å². The molecule has 10 heteroatoms. The molecule has 1 saturated heterocycles. The van der Waals surface area contributed by atoms with Gasteiger partial charge in [-0.25, -0.2) is 8.78 Å². The van der Waals surface area contributed by atoms with Gasteiger partial charge >= 0.3 is 7.60 Å². The van der Waals surface area contributed by atoms with E-state index < -0.39 is 49.6 Å². The molecule has 22 heavy (non-hydrogen) atoms. The highest BCUT2D eigenvalue weighted by Gasteiger charge is 2.51. The molecule has 0 bridgehead atoms. The van der Waals surface area contributed by atoms with Crippen molar-refractivity contribution in [3.8, 4) is 0 Å². The Hall–Kier alpha value is -0.0451. The number of ether oxygens (including phenoxy) is 1. The highest BCUT2D eigenvalue weighted by Crippen LogP contribution is 2.59. The fraction of sp³-hybridized carbons (Fsp3) is 1.00. The molecule has 1 rings (SSSR count). The van der Waals surface area contributed by atoms with Crippen LogP contribution < -0.4 is 0 Å². The average Bonchev–Trinajstić information content (AvgIpc) is 2.65. The number of hydrogen-bond acceptors (Lipinski definition) is 5. The lowest BCUT2D eigenvalue weighted by Crippen LogP contribution is -2.38. The van der Waals surface area contributed by atoms with Crippen molar-refractivity contribution in [2.45, 2.75) is 75.6 Å². The molecule has 1 aliphatic heterocycles. The Morgan fingerprint density at radius 2 is 1.95 bits per heavy atom. The fourth-order valence-electron chi connectivity index (χ4n) is 2.15. The van der Waals surface area contributed by atoms with Crippen LogP contribution in [0.2, 0.25) is 0 Å². The molecule has 0 radical (unpaired) electrons. The molecule has 1 fully saturated rings. The lowest BCUT2D eigenvalue weighted by molar-refractivity contribution is -0.124. The van der Waals surface area contributed by atoms with Gasteiger partial charge in [0.05, 0.1) is 12.1 Å². The summed E-state index contributed by atoms with van der Waals surface area (Å²) in [6.07, 6.45) is -5.45. The van der Waals surface area contributed by atoms with Gasteiger partial charge in [0.15, 0.2) is 5.34 Å². The van der Waals surface area contributed by atoms with Crippen LogP contribution in [-0.2, 0) is 13.8 Å². The minimum atomic E-state index is -4.69. The molecule has 0 aromatic carbocycles. The van der Waals surface area contributed by atoms with E-state index in [9.17, 15) is 28.5 Å². The Labute approximate surface area is 129 Å². The standard InChI is InChI=1S/C12H24BF2O6P/c1-4-11(3,17)22(18,19)21-12(15,5-2)6-7-9(16)8(14)10(13)20-7/h7-10,16-17H,4-6,13H2,1-3H3,(H,18,19)/t7-,8-,9-,10-,11?,12?/m1/s1. The van der Waals surface area contributed by atoms with Crippen molar-refractivity contribution in [2.24, 2.45) is 0 Å². The number of halogens is 2. The van der Waals surface area contributed by atoms with Gasteiger partial charge in [-0.15, -0.1) is 0 Å². The van der Waals surface area contributed by atoms with E-state index >= 15 is 0 Å². The summed E-state index contributed by atoms with van der Waals surface area (Å²) in [7, 11) is -3.29. The van der Waals surface area contributed by atoms with Gasteiger partial charge in [0.25, 0.3) is 0 Å². The summed E-state index contributed by atoms with van der Waals surface area (Å²) in [6, 6.07) is -0.902. The SMILES string of the molecule is B[C@@H]1O[C@H](CC(F)(CC)OP(=O)(O)C(C)(O)CC)[C@@H](O)[C@H]1F. The Morgan fingerprint density at radius 1 is 1.41 bits per heavy atom. The molecule has 130 valence electrons. The van der Waals surface area contributed by atoms with E-state index in [1.54, 1.807) is 0 Å². The van der Waals surface area contributed by atoms with Gasteiger partial charge in [0, 0.05) is 12.8 Å². The molecule has 0 amide bonds. The van der Waals surface area contributed by atoms with Gasteiger partial charge < -0.3 is 19.8 Å². The average molecular weight is 344 g/mol. The largest absolute Gasteiger partial charge is 0.387 e. The fourth-order valence-corrected chi connectivity index (χ4v) is 3.39. The summed E-state index contributed by atoms with van der Waals surface area (Å²) in [6.45, 7) is 3.90. The highest BCUT2D eigenvalue weighted by atomic mass is 31.2. The van der Waals surface area contributed by atoms with Crippen molar-refractivity contribution in [1.82, 2.24) is 0 Å². The first-order chi connectivity index (χ1) is 9.89. The predicted octanol–water partition coefficient (Wildman–Crippen LogP) is 0.830. The molecule has 1 aliphatic rings. The van der Waals surface area contributed by atoms with Crippen molar-refractivity contribution in [3.63, 3.8) is 0 Å². The van der Waals surface area contributed by atoms with Crippen LogP contribution in [-0.4, -0.2) is 58.5 Å². The zero-order chi connectivity index (χ0) is 17.3. The monoisotopic (exact) mass is 344 g/mol. The van der Waals surface area contributed by atoms with Crippen molar-refractivity contribution >= 4 is 15.4 Å². The molecule has 0 spiro atoms. The van der Waals surface area contributed by atoms with Gasteiger partial charge in [-0.05, 0) is 13.3 Å². The number of alkyl halides is 2. The van der Waals surface area contributed by atoms with Crippen molar-refractivity contribution in [2.75, 3.05) is 0 Å². The van der Waals surface area contributed by atoms with Crippen molar-refractivity contribution in [3.05, 3.63) is 0 Å². The number of hydrogen-bond donors (Lipinski definition) is 3. The Morgan fingerprint density at radius 3 is 2.32 bits per heavy atom. The molecule has 0 aromatic rings. The van der Waals surface area contributed by atoms with E-state index in [2.05, 4.69) is 0 Å². The summed E-state index contributed by atoms with van der Waals surface area (Å²) in [5.74, 6) is -2.63. The van der Waals surface area contributed by atoms with E-state index in [-0.39, 0.29) is 12.8 Å². The lowest BCUT2D eigenvalue weighted by atomic mass is 9.93. The minimum absolute atomic E-state index is 0.118. The number of aliphatic hydroxyl groups is 2. The summed E-state index contributed by atoms with van der Waals surface area (Å²) in [4.78, 5) is 9.82. The summed E-state index contributed by atoms with van der Waals surface area (Å²) < 4.78 is 50.2. The normalized spacial score (nSPS) is 37.3. The van der Waals surface area contributed by atoms with Crippen LogP contribution in [0, 0.1) is 0 Å². The van der Waals surface area contributed by atoms with Gasteiger partial charge in [-0.1, -0.05) is 13.8 Å². The quantitative estimate of drug-likeness (QED) is 0.468. The van der Waals surface area contributed by atoms with E-state index in [0.29, 0.717) is 0 Å². The minimum Gasteiger partial charge on any atom is -0.387 e. The first kappa shape index (κ1) is 20.0. The smallest absolute Gasteiger partial charge is 0.361 e. The van der Waals surface area contributed by atoms with Crippen LogP contribution >= 0.6 is 7.60 Å². The zero-order valence-corrected chi connectivity index (χ0v) is 14.1. The molecular formula is C12H24BF2O6P. The maximum absolute atomic E-state index is 14.8.